The number of benzene rings is 2. The SMILES string of the molecule is O=C(OCc1ccccc1)[C@@H]1CC(=O)N(Cc2ccccc2Cl)C1. The van der Waals surface area contributed by atoms with Crippen molar-refractivity contribution in [3.63, 3.8) is 0 Å². The first-order chi connectivity index (χ1) is 11.6. The maximum Gasteiger partial charge on any atom is 0.311 e. The summed E-state index contributed by atoms with van der Waals surface area (Å²) in [6.45, 7) is 1.02. The molecule has 1 heterocycles. The zero-order chi connectivity index (χ0) is 16.9. The van der Waals surface area contributed by atoms with Crippen LogP contribution in [0.3, 0.4) is 0 Å². The fourth-order valence-electron chi connectivity index (χ4n) is 2.76. The highest BCUT2D eigenvalue weighted by molar-refractivity contribution is 6.31. The van der Waals surface area contributed by atoms with Gasteiger partial charge in [0, 0.05) is 24.5 Å². The minimum atomic E-state index is -0.413. The van der Waals surface area contributed by atoms with Crippen LogP contribution < -0.4 is 0 Å². The smallest absolute Gasteiger partial charge is 0.311 e. The zero-order valence-corrected chi connectivity index (χ0v) is 13.9. The number of hydrogen-bond acceptors (Lipinski definition) is 3. The fourth-order valence-corrected chi connectivity index (χ4v) is 2.96. The summed E-state index contributed by atoms with van der Waals surface area (Å²) in [4.78, 5) is 26.0. The number of ether oxygens (including phenoxy) is 1. The van der Waals surface area contributed by atoms with Crippen molar-refractivity contribution in [3.8, 4) is 0 Å². The minimum absolute atomic E-state index is 0.0448. The number of esters is 1. The minimum Gasteiger partial charge on any atom is -0.461 e. The normalized spacial score (nSPS) is 17.1. The van der Waals surface area contributed by atoms with Crippen LogP contribution in [0, 0.1) is 5.92 Å². The lowest BCUT2D eigenvalue weighted by Crippen LogP contribution is -2.26. The number of nitrogens with zero attached hydrogens (tertiary/aromatic N) is 1. The standard InChI is InChI=1S/C19H18ClNO3/c20-17-9-5-4-8-15(17)11-21-12-16(10-18(21)22)19(23)24-13-14-6-2-1-3-7-14/h1-9,16H,10-13H2/t16-/m1/s1. The Morgan fingerprint density at radius 1 is 1.12 bits per heavy atom. The molecule has 1 amide bonds. The van der Waals surface area contributed by atoms with Crippen molar-refractivity contribution in [2.45, 2.75) is 19.6 Å². The number of likely N-dealkylation sites (tertiary alicyclic amines) is 1. The van der Waals surface area contributed by atoms with Crippen LogP contribution in [0.25, 0.3) is 0 Å². The van der Waals surface area contributed by atoms with Gasteiger partial charge in [0.25, 0.3) is 0 Å². The second-order valence-electron chi connectivity index (χ2n) is 5.86. The van der Waals surface area contributed by atoms with Gasteiger partial charge in [-0.1, -0.05) is 60.1 Å². The molecule has 4 nitrogen and oxygen atoms in total. The van der Waals surface area contributed by atoms with Crippen molar-refractivity contribution in [1.29, 1.82) is 0 Å². The Labute approximate surface area is 146 Å². The molecule has 24 heavy (non-hydrogen) atoms. The molecule has 2 aromatic carbocycles. The van der Waals surface area contributed by atoms with Gasteiger partial charge in [-0.15, -0.1) is 0 Å². The molecule has 0 saturated carbocycles. The Bertz CT molecular complexity index is 732. The Balaban J connectivity index is 1.56. The van der Waals surface area contributed by atoms with E-state index in [2.05, 4.69) is 0 Å². The van der Waals surface area contributed by atoms with Gasteiger partial charge in [0.1, 0.15) is 6.61 Å². The van der Waals surface area contributed by atoms with Gasteiger partial charge in [-0.3, -0.25) is 9.59 Å². The summed E-state index contributed by atoms with van der Waals surface area (Å²) in [7, 11) is 0. The molecule has 1 aliphatic heterocycles. The lowest BCUT2D eigenvalue weighted by Gasteiger charge is -2.17. The van der Waals surface area contributed by atoms with E-state index in [1.165, 1.54) is 0 Å². The lowest BCUT2D eigenvalue weighted by molar-refractivity contribution is -0.149. The number of amides is 1. The summed E-state index contributed by atoms with van der Waals surface area (Å²) in [5.41, 5.74) is 1.81. The van der Waals surface area contributed by atoms with E-state index >= 15 is 0 Å². The molecule has 0 radical (unpaired) electrons. The lowest BCUT2D eigenvalue weighted by atomic mass is 10.1. The Morgan fingerprint density at radius 2 is 1.83 bits per heavy atom. The second-order valence-corrected chi connectivity index (χ2v) is 6.27. The molecule has 0 spiro atoms. The van der Waals surface area contributed by atoms with E-state index in [1.807, 2.05) is 48.5 Å². The van der Waals surface area contributed by atoms with Crippen LogP contribution in [0.1, 0.15) is 17.5 Å². The fraction of sp³-hybridized carbons (Fsp3) is 0.263. The molecule has 0 bridgehead atoms. The zero-order valence-electron chi connectivity index (χ0n) is 13.2. The third kappa shape index (κ3) is 3.95. The first-order valence-electron chi connectivity index (χ1n) is 7.85. The largest absolute Gasteiger partial charge is 0.461 e. The quantitative estimate of drug-likeness (QED) is 0.781. The van der Waals surface area contributed by atoms with Crippen LogP contribution in [-0.4, -0.2) is 23.3 Å². The molecule has 1 aliphatic rings. The van der Waals surface area contributed by atoms with Crippen LogP contribution in [0.4, 0.5) is 0 Å². The van der Waals surface area contributed by atoms with E-state index in [0.29, 0.717) is 18.1 Å². The molecule has 3 rings (SSSR count). The molecule has 0 unspecified atom stereocenters. The second kappa shape index (κ2) is 7.49. The summed E-state index contributed by atoms with van der Waals surface area (Å²) in [6, 6.07) is 16.9. The van der Waals surface area contributed by atoms with Gasteiger partial charge in [0.15, 0.2) is 0 Å². The highest BCUT2D eigenvalue weighted by Gasteiger charge is 2.35. The number of carbonyl (C=O) groups excluding carboxylic acids is 2. The van der Waals surface area contributed by atoms with E-state index in [4.69, 9.17) is 16.3 Å². The van der Waals surface area contributed by atoms with Crippen molar-refractivity contribution in [3.05, 3.63) is 70.7 Å². The molecular weight excluding hydrogens is 326 g/mol. The summed E-state index contributed by atoms with van der Waals surface area (Å²) >= 11 is 6.14. The maximum atomic E-state index is 12.2. The summed E-state index contributed by atoms with van der Waals surface area (Å²) in [5.74, 6) is -0.783. The van der Waals surface area contributed by atoms with Gasteiger partial charge >= 0.3 is 5.97 Å². The van der Waals surface area contributed by atoms with Crippen LogP contribution in [-0.2, 0) is 27.5 Å². The molecule has 1 saturated heterocycles. The molecule has 0 aliphatic carbocycles. The molecule has 5 heteroatoms. The number of hydrogen-bond donors (Lipinski definition) is 0. The molecular formula is C19H18ClNO3. The molecule has 1 fully saturated rings. The monoisotopic (exact) mass is 343 g/mol. The third-order valence-electron chi connectivity index (χ3n) is 4.09. The number of halogens is 1. The number of carbonyl (C=O) groups is 2. The van der Waals surface area contributed by atoms with E-state index in [1.54, 1.807) is 11.0 Å². The maximum absolute atomic E-state index is 12.2. The van der Waals surface area contributed by atoms with Gasteiger partial charge in [0.05, 0.1) is 5.92 Å². The summed E-state index contributed by atoms with van der Waals surface area (Å²) in [6.07, 6.45) is 0.193. The van der Waals surface area contributed by atoms with Crippen molar-refractivity contribution in [2.24, 2.45) is 5.92 Å². The predicted octanol–water partition coefficient (Wildman–Crippen LogP) is 3.43. The van der Waals surface area contributed by atoms with Crippen LogP contribution in [0.5, 0.6) is 0 Å². The van der Waals surface area contributed by atoms with E-state index in [0.717, 1.165) is 11.1 Å². The van der Waals surface area contributed by atoms with E-state index in [9.17, 15) is 9.59 Å². The summed E-state index contributed by atoms with van der Waals surface area (Å²) in [5, 5.41) is 0.625. The third-order valence-corrected chi connectivity index (χ3v) is 4.46. The predicted molar refractivity (Wildman–Crippen MR) is 91.2 cm³/mol. The van der Waals surface area contributed by atoms with Crippen LogP contribution in [0.15, 0.2) is 54.6 Å². The van der Waals surface area contributed by atoms with Gasteiger partial charge in [0.2, 0.25) is 5.91 Å². The number of rotatable bonds is 5. The van der Waals surface area contributed by atoms with E-state index in [-0.39, 0.29) is 24.9 Å². The Morgan fingerprint density at radius 3 is 2.58 bits per heavy atom. The summed E-state index contributed by atoms with van der Waals surface area (Å²) < 4.78 is 5.34. The Kier molecular flexibility index (Phi) is 5.16. The first kappa shape index (κ1) is 16.5. The van der Waals surface area contributed by atoms with Gasteiger partial charge in [-0.25, -0.2) is 0 Å². The average molecular weight is 344 g/mol. The molecule has 0 aromatic heterocycles. The Hall–Kier alpha value is -2.33. The van der Waals surface area contributed by atoms with Gasteiger partial charge < -0.3 is 9.64 Å². The van der Waals surface area contributed by atoms with Crippen LogP contribution >= 0.6 is 11.6 Å². The van der Waals surface area contributed by atoms with Crippen molar-refractivity contribution in [1.82, 2.24) is 4.90 Å². The highest BCUT2D eigenvalue weighted by Crippen LogP contribution is 2.24. The highest BCUT2D eigenvalue weighted by atomic mass is 35.5. The van der Waals surface area contributed by atoms with Crippen LogP contribution in [0.2, 0.25) is 5.02 Å². The topological polar surface area (TPSA) is 46.6 Å². The van der Waals surface area contributed by atoms with Crippen molar-refractivity contribution >= 4 is 23.5 Å². The van der Waals surface area contributed by atoms with Crippen molar-refractivity contribution < 1.29 is 14.3 Å². The molecule has 2 aromatic rings. The van der Waals surface area contributed by atoms with Gasteiger partial charge in [-0.05, 0) is 17.2 Å². The molecule has 1 atom stereocenters. The van der Waals surface area contributed by atoms with E-state index < -0.39 is 5.92 Å². The van der Waals surface area contributed by atoms with Crippen molar-refractivity contribution in [2.75, 3.05) is 6.54 Å². The molecule has 0 N–H and O–H groups in total. The first-order valence-corrected chi connectivity index (χ1v) is 8.23. The van der Waals surface area contributed by atoms with Gasteiger partial charge in [-0.2, -0.15) is 0 Å². The average Bonchev–Trinajstić information content (AvgIpc) is 2.96. The molecule has 124 valence electrons.